The molecule has 11 heteroatoms. The normalized spacial score (nSPS) is 11.7. The maximum Gasteiger partial charge on any atom is 0.490 e. The molecule has 3 rings (SSSR count). The van der Waals surface area contributed by atoms with Crippen LogP contribution in [0.2, 0.25) is 0 Å². The van der Waals surface area contributed by atoms with Gasteiger partial charge in [0.05, 0.1) is 11.1 Å². The molecule has 138 valence electrons. The molecule has 0 bridgehead atoms. The lowest BCUT2D eigenvalue weighted by atomic mass is 9.88. The molecule has 0 aliphatic rings. The third-order valence-electron chi connectivity index (χ3n) is 3.44. The van der Waals surface area contributed by atoms with Gasteiger partial charge >= 0.3 is 12.1 Å². The molecule has 0 fully saturated rings. The Morgan fingerprint density at radius 3 is 2.27 bits per heavy atom. The van der Waals surface area contributed by atoms with E-state index in [-0.39, 0.29) is 0 Å². The summed E-state index contributed by atoms with van der Waals surface area (Å²) >= 11 is 0. The van der Waals surface area contributed by atoms with Crippen LogP contribution in [-0.4, -0.2) is 42.0 Å². The van der Waals surface area contributed by atoms with Gasteiger partial charge in [0, 0.05) is 6.20 Å². The van der Waals surface area contributed by atoms with Gasteiger partial charge in [0.15, 0.2) is 5.65 Å². The molecule has 0 amide bonds. The van der Waals surface area contributed by atoms with E-state index in [2.05, 4.69) is 20.4 Å². The number of carbonyl (C=O) groups is 1. The summed E-state index contributed by atoms with van der Waals surface area (Å²) in [6, 6.07) is 9.41. The number of carboxylic acids is 1. The van der Waals surface area contributed by atoms with Crippen LogP contribution in [0.15, 0.2) is 36.5 Å². The van der Waals surface area contributed by atoms with Crippen molar-refractivity contribution in [2.24, 2.45) is 0 Å². The summed E-state index contributed by atoms with van der Waals surface area (Å²) in [5.74, 6) is -1.53. The molecule has 26 heavy (non-hydrogen) atoms. The number of carboxylic acid groups (broad SMARTS) is 1. The molecule has 0 saturated heterocycles. The van der Waals surface area contributed by atoms with Gasteiger partial charge in [-0.15, -0.1) is 15.3 Å². The number of anilines is 1. The summed E-state index contributed by atoms with van der Waals surface area (Å²) in [6.45, 7) is 4.08. The Bertz CT molecular complexity index is 906. The van der Waals surface area contributed by atoms with Gasteiger partial charge in [-0.05, 0) is 38.1 Å². The van der Waals surface area contributed by atoms with Crippen LogP contribution in [0.5, 0.6) is 0 Å². The number of hydrogen-bond donors (Lipinski definition) is 2. The molecule has 3 aromatic heterocycles. The number of nitrogens with zero attached hydrogens (tertiary/aromatic N) is 5. The van der Waals surface area contributed by atoms with Crippen LogP contribution in [0, 0.1) is 0 Å². The van der Waals surface area contributed by atoms with Gasteiger partial charge < -0.3 is 10.8 Å². The Morgan fingerprint density at radius 1 is 1.08 bits per heavy atom. The number of hydrogen-bond acceptors (Lipinski definition) is 6. The number of halogens is 3. The van der Waals surface area contributed by atoms with Crippen molar-refractivity contribution >= 4 is 17.4 Å². The van der Waals surface area contributed by atoms with Crippen LogP contribution < -0.4 is 5.73 Å². The predicted molar refractivity (Wildman–Crippen MR) is 85.3 cm³/mol. The van der Waals surface area contributed by atoms with Crippen molar-refractivity contribution in [1.82, 2.24) is 24.8 Å². The molecule has 3 aromatic rings. The maximum absolute atomic E-state index is 10.6. The van der Waals surface area contributed by atoms with Gasteiger partial charge in [0.1, 0.15) is 11.6 Å². The van der Waals surface area contributed by atoms with Crippen LogP contribution in [0.4, 0.5) is 19.0 Å². The van der Waals surface area contributed by atoms with E-state index in [0.717, 1.165) is 17.2 Å². The highest BCUT2D eigenvalue weighted by Crippen LogP contribution is 2.28. The van der Waals surface area contributed by atoms with Crippen molar-refractivity contribution in [1.29, 1.82) is 0 Å². The van der Waals surface area contributed by atoms with Crippen molar-refractivity contribution < 1.29 is 23.1 Å². The van der Waals surface area contributed by atoms with E-state index >= 15 is 0 Å². The lowest BCUT2D eigenvalue weighted by molar-refractivity contribution is -0.192. The van der Waals surface area contributed by atoms with Crippen molar-refractivity contribution in [2.45, 2.75) is 25.4 Å². The predicted octanol–water partition coefficient (Wildman–Crippen LogP) is 2.06. The number of aromatic nitrogens is 5. The topological polar surface area (TPSA) is 119 Å². The second kappa shape index (κ2) is 6.94. The molecule has 0 saturated carbocycles. The number of aliphatic carboxylic acids is 1. The molecule has 0 aromatic carbocycles. The van der Waals surface area contributed by atoms with Crippen molar-refractivity contribution in [3.8, 4) is 0 Å². The average Bonchev–Trinajstić information content (AvgIpc) is 2.99. The van der Waals surface area contributed by atoms with Crippen LogP contribution >= 0.6 is 0 Å². The van der Waals surface area contributed by atoms with E-state index in [1.807, 2.05) is 48.7 Å². The van der Waals surface area contributed by atoms with E-state index in [9.17, 15) is 13.2 Å². The highest BCUT2D eigenvalue weighted by molar-refractivity contribution is 5.73. The minimum Gasteiger partial charge on any atom is -0.475 e. The van der Waals surface area contributed by atoms with Crippen LogP contribution in [0.1, 0.15) is 25.4 Å². The summed E-state index contributed by atoms with van der Waals surface area (Å²) in [6.07, 6.45) is -3.14. The first-order chi connectivity index (χ1) is 12.0. The van der Waals surface area contributed by atoms with Crippen LogP contribution in [-0.2, 0) is 10.2 Å². The number of pyridine rings is 1. The van der Waals surface area contributed by atoms with E-state index in [4.69, 9.17) is 15.6 Å². The van der Waals surface area contributed by atoms with Gasteiger partial charge in [-0.25, -0.2) is 4.79 Å². The monoisotopic (exact) mass is 368 g/mol. The van der Waals surface area contributed by atoms with Gasteiger partial charge in [-0.3, -0.25) is 4.40 Å². The lowest BCUT2D eigenvalue weighted by Crippen LogP contribution is -2.24. The van der Waals surface area contributed by atoms with Crippen molar-refractivity contribution in [3.05, 3.63) is 48.0 Å². The zero-order valence-electron chi connectivity index (χ0n) is 13.8. The van der Waals surface area contributed by atoms with E-state index < -0.39 is 17.6 Å². The second-order valence-electron chi connectivity index (χ2n) is 5.72. The van der Waals surface area contributed by atoms with Gasteiger partial charge in [0.25, 0.3) is 0 Å². The third kappa shape index (κ3) is 4.05. The third-order valence-corrected chi connectivity index (χ3v) is 3.44. The smallest absolute Gasteiger partial charge is 0.475 e. The number of nitrogen functional groups attached to an aromatic ring is 1. The molecule has 0 aliphatic carbocycles. The Balaban J connectivity index is 0.000000298. The SMILES string of the molecule is CC(C)(c1ccc(N)nn1)c1nnc2ccccn12.O=C(O)C(F)(F)F. The van der Waals surface area contributed by atoms with E-state index in [1.54, 1.807) is 6.07 Å². The summed E-state index contributed by atoms with van der Waals surface area (Å²) in [7, 11) is 0. The van der Waals surface area contributed by atoms with Crippen molar-refractivity contribution in [3.63, 3.8) is 0 Å². The number of rotatable bonds is 2. The molecule has 0 radical (unpaired) electrons. The summed E-state index contributed by atoms with van der Waals surface area (Å²) in [5.41, 5.74) is 6.79. The Labute approximate surface area is 145 Å². The molecule has 8 nitrogen and oxygen atoms in total. The number of nitrogens with two attached hydrogens (primary N) is 1. The minimum absolute atomic E-state index is 0.401. The summed E-state index contributed by atoms with van der Waals surface area (Å²) in [5, 5.41) is 23.6. The zero-order valence-corrected chi connectivity index (χ0v) is 13.8. The van der Waals surface area contributed by atoms with Gasteiger partial charge in [-0.1, -0.05) is 6.07 Å². The zero-order chi connectivity index (χ0) is 19.5. The fourth-order valence-corrected chi connectivity index (χ4v) is 2.06. The Hall–Kier alpha value is -3.24. The first kappa shape index (κ1) is 19.1. The first-order valence-electron chi connectivity index (χ1n) is 7.23. The van der Waals surface area contributed by atoms with E-state index in [1.165, 1.54) is 0 Å². The van der Waals surface area contributed by atoms with E-state index in [0.29, 0.717) is 5.82 Å². The fourth-order valence-electron chi connectivity index (χ4n) is 2.06. The highest BCUT2D eigenvalue weighted by Gasteiger charge is 2.38. The standard InChI is InChI=1S/C13H14N6.C2HF3O2/c1-13(2,9-6-7-10(14)16-15-9)12-18-17-11-5-3-4-8-19(11)12;3-2(4,5)1(6)7/h3-8H,1-2H3,(H2,14,16);(H,6,7). The Kier molecular flexibility index (Phi) is 5.10. The fraction of sp³-hybridized carbons (Fsp3) is 0.267. The van der Waals surface area contributed by atoms with Crippen LogP contribution in [0.25, 0.3) is 5.65 Å². The molecule has 0 unspecified atom stereocenters. The first-order valence-corrected chi connectivity index (χ1v) is 7.23. The second-order valence-corrected chi connectivity index (χ2v) is 5.72. The highest BCUT2D eigenvalue weighted by atomic mass is 19.4. The average molecular weight is 368 g/mol. The minimum atomic E-state index is -5.08. The quantitative estimate of drug-likeness (QED) is 0.710. The molecule has 0 spiro atoms. The van der Waals surface area contributed by atoms with Gasteiger partial charge in [-0.2, -0.15) is 18.3 Å². The molecule has 3 heterocycles. The van der Waals surface area contributed by atoms with Crippen LogP contribution in [0.3, 0.4) is 0 Å². The molecule has 0 atom stereocenters. The molecule has 3 N–H and O–H groups in total. The van der Waals surface area contributed by atoms with Gasteiger partial charge in [0.2, 0.25) is 0 Å². The number of alkyl halides is 3. The summed E-state index contributed by atoms with van der Waals surface area (Å²) in [4.78, 5) is 8.90. The molecule has 0 aliphatic heterocycles. The van der Waals surface area contributed by atoms with Crippen molar-refractivity contribution in [2.75, 3.05) is 5.73 Å². The lowest BCUT2D eigenvalue weighted by Gasteiger charge is -2.21. The Morgan fingerprint density at radius 2 is 1.73 bits per heavy atom. The molecular formula is C15H15F3N6O2. The number of fused-ring (bicyclic) bond motifs is 1. The largest absolute Gasteiger partial charge is 0.490 e. The maximum atomic E-state index is 10.6. The summed E-state index contributed by atoms with van der Waals surface area (Å²) < 4.78 is 33.7. The molecular weight excluding hydrogens is 353 g/mol.